The van der Waals surface area contributed by atoms with Crippen molar-refractivity contribution in [2.75, 3.05) is 0 Å². The fourth-order valence-electron chi connectivity index (χ4n) is 4.29. The molecule has 1 spiro atoms. The molecule has 1 saturated heterocycles. The van der Waals surface area contributed by atoms with Crippen molar-refractivity contribution in [1.82, 2.24) is 0 Å². The van der Waals surface area contributed by atoms with Crippen molar-refractivity contribution in [3.05, 3.63) is 11.6 Å². The quantitative estimate of drug-likeness (QED) is 0.706. The minimum Gasteiger partial charge on any atom is -0.364 e. The molecular weight excluding hydrogens is 236 g/mol. The topological polar surface area (TPSA) is 26.3 Å². The lowest BCUT2D eigenvalue weighted by molar-refractivity contribution is -0.126. The molecule has 2 heteroatoms. The molecule has 2 bridgehead atoms. The van der Waals surface area contributed by atoms with Crippen LogP contribution in [0.2, 0.25) is 0 Å². The van der Waals surface area contributed by atoms with Gasteiger partial charge in [0.2, 0.25) is 0 Å². The van der Waals surface area contributed by atoms with E-state index < -0.39 is 0 Å². The van der Waals surface area contributed by atoms with Gasteiger partial charge in [0, 0.05) is 6.42 Å². The Hall–Kier alpha value is -0.630. The van der Waals surface area contributed by atoms with Crippen molar-refractivity contribution in [3.8, 4) is 0 Å². The first-order valence-corrected chi connectivity index (χ1v) is 7.92. The molecular formula is C17H28O2. The molecule has 2 nitrogen and oxygen atoms in total. The third-order valence-corrected chi connectivity index (χ3v) is 5.21. The van der Waals surface area contributed by atoms with E-state index in [1.165, 1.54) is 12.0 Å². The number of carbonyl (C=O) groups is 1. The second kappa shape index (κ2) is 5.05. The molecule has 1 heterocycles. The first-order valence-electron chi connectivity index (χ1n) is 7.92. The Balaban J connectivity index is 0.000000637. The van der Waals surface area contributed by atoms with Crippen LogP contribution in [-0.2, 0) is 9.53 Å². The van der Waals surface area contributed by atoms with Crippen LogP contribution in [0.4, 0.5) is 0 Å². The van der Waals surface area contributed by atoms with Gasteiger partial charge >= 0.3 is 0 Å². The third kappa shape index (κ3) is 2.18. The molecule has 1 saturated carbocycles. The molecule has 3 atom stereocenters. The predicted molar refractivity (Wildman–Crippen MR) is 78.1 cm³/mol. The Labute approximate surface area is 117 Å². The van der Waals surface area contributed by atoms with Gasteiger partial charge in [-0.25, -0.2) is 0 Å². The van der Waals surface area contributed by atoms with Crippen LogP contribution in [0.15, 0.2) is 11.6 Å². The highest BCUT2D eigenvalue weighted by atomic mass is 16.5. The number of allylic oxidation sites excluding steroid dienone is 1. The van der Waals surface area contributed by atoms with Gasteiger partial charge in [0.15, 0.2) is 5.78 Å². The Morgan fingerprint density at radius 2 is 1.89 bits per heavy atom. The summed E-state index contributed by atoms with van der Waals surface area (Å²) in [6.07, 6.45) is 7.05. The van der Waals surface area contributed by atoms with Gasteiger partial charge in [0.25, 0.3) is 0 Å². The van der Waals surface area contributed by atoms with Crippen molar-refractivity contribution in [1.29, 1.82) is 0 Å². The molecule has 0 amide bonds. The molecule has 108 valence electrons. The number of ether oxygens (including phenoxy) is 1. The predicted octanol–water partition coefficient (Wildman–Crippen LogP) is 4.29. The zero-order chi connectivity index (χ0) is 14.3. The fourth-order valence-corrected chi connectivity index (χ4v) is 4.29. The molecule has 3 unspecified atom stereocenters. The summed E-state index contributed by atoms with van der Waals surface area (Å²) < 4.78 is 6.50. The summed E-state index contributed by atoms with van der Waals surface area (Å²) in [5, 5.41) is 0. The molecule has 0 aromatic carbocycles. The molecule has 3 aliphatic rings. The van der Waals surface area contributed by atoms with Gasteiger partial charge < -0.3 is 4.74 Å². The molecule has 0 aromatic rings. The normalized spacial score (nSPS) is 39.0. The largest absolute Gasteiger partial charge is 0.364 e. The van der Waals surface area contributed by atoms with Crippen LogP contribution in [0.3, 0.4) is 0 Å². The summed E-state index contributed by atoms with van der Waals surface area (Å²) in [5.74, 6) is 1.42. The summed E-state index contributed by atoms with van der Waals surface area (Å²) >= 11 is 0. The molecule has 3 rings (SSSR count). The standard InChI is InChI=1S/C15H22O2.C2H6/c1-4-10-7-13(16)8-11-5-6-12-9-15(10,11)17-14(12,2)3;1-2/h7,11-12H,4-6,8-9H2,1-3H3;1-2H3. The van der Waals surface area contributed by atoms with E-state index in [0.29, 0.717) is 24.0 Å². The Kier molecular flexibility index (Phi) is 3.92. The highest BCUT2D eigenvalue weighted by Crippen LogP contribution is 2.58. The SMILES string of the molecule is CC.CCC1=CC(=O)CC2CCC3CC12OC3(C)C. The molecule has 2 aliphatic carbocycles. The molecule has 2 fully saturated rings. The monoisotopic (exact) mass is 264 g/mol. The minimum atomic E-state index is -0.0882. The van der Waals surface area contributed by atoms with Crippen LogP contribution in [0.25, 0.3) is 0 Å². The molecule has 0 radical (unpaired) electrons. The van der Waals surface area contributed by atoms with Gasteiger partial charge in [-0.15, -0.1) is 0 Å². The molecule has 1 aliphatic heterocycles. The Morgan fingerprint density at radius 3 is 2.53 bits per heavy atom. The zero-order valence-electron chi connectivity index (χ0n) is 13.1. The Bertz CT molecular complexity index is 394. The van der Waals surface area contributed by atoms with Gasteiger partial charge in [-0.1, -0.05) is 20.8 Å². The second-order valence-electron chi connectivity index (χ2n) is 6.46. The third-order valence-electron chi connectivity index (χ3n) is 5.21. The van der Waals surface area contributed by atoms with Gasteiger partial charge in [0.1, 0.15) is 0 Å². The van der Waals surface area contributed by atoms with Crippen LogP contribution in [-0.4, -0.2) is 17.0 Å². The molecule has 0 aromatic heterocycles. The highest BCUT2D eigenvalue weighted by molar-refractivity contribution is 5.92. The summed E-state index contributed by atoms with van der Waals surface area (Å²) in [7, 11) is 0. The maximum Gasteiger partial charge on any atom is 0.156 e. The van der Waals surface area contributed by atoms with E-state index in [4.69, 9.17) is 4.74 Å². The highest BCUT2D eigenvalue weighted by Gasteiger charge is 2.59. The number of ketones is 1. The summed E-state index contributed by atoms with van der Waals surface area (Å²) in [4.78, 5) is 11.8. The van der Waals surface area contributed by atoms with Crippen molar-refractivity contribution < 1.29 is 9.53 Å². The number of hydrogen-bond donors (Lipinski definition) is 0. The van der Waals surface area contributed by atoms with E-state index >= 15 is 0 Å². The van der Waals surface area contributed by atoms with Gasteiger partial charge in [-0.3, -0.25) is 4.79 Å². The Morgan fingerprint density at radius 1 is 1.26 bits per heavy atom. The maximum atomic E-state index is 11.8. The van der Waals surface area contributed by atoms with Crippen molar-refractivity contribution >= 4 is 5.78 Å². The van der Waals surface area contributed by atoms with Gasteiger partial charge in [-0.05, 0) is 63.0 Å². The van der Waals surface area contributed by atoms with Crippen LogP contribution in [0.5, 0.6) is 0 Å². The summed E-state index contributed by atoms with van der Waals surface area (Å²) in [5.41, 5.74) is 1.16. The van der Waals surface area contributed by atoms with E-state index in [-0.39, 0.29) is 11.2 Å². The number of hydrogen-bond acceptors (Lipinski definition) is 2. The van der Waals surface area contributed by atoms with E-state index in [1.54, 1.807) is 0 Å². The first kappa shape index (κ1) is 14.8. The lowest BCUT2D eigenvalue weighted by Crippen LogP contribution is -2.45. The van der Waals surface area contributed by atoms with Crippen molar-refractivity contribution in [2.45, 2.75) is 77.9 Å². The lowest BCUT2D eigenvalue weighted by atomic mass is 9.63. The average Bonchev–Trinajstić information content (AvgIpc) is 2.60. The first-order chi connectivity index (χ1) is 8.98. The zero-order valence-corrected chi connectivity index (χ0v) is 13.1. The maximum absolute atomic E-state index is 11.8. The number of rotatable bonds is 1. The van der Waals surface area contributed by atoms with Crippen molar-refractivity contribution in [3.63, 3.8) is 0 Å². The lowest BCUT2D eigenvalue weighted by Gasteiger charge is -2.43. The van der Waals surface area contributed by atoms with E-state index in [2.05, 4.69) is 20.8 Å². The smallest absolute Gasteiger partial charge is 0.156 e. The van der Waals surface area contributed by atoms with E-state index in [9.17, 15) is 4.79 Å². The molecule has 19 heavy (non-hydrogen) atoms. The fraction of sp³-hybridized carbons (Fsp3) is 0.824. The van der Waals surface area contributed by atoms with E-state index in [0.717, 1.165) is 19.3 Å². The minimum absolute atomic E-state index is 0.0105. The van der Waals surface area contributed by atoms with Crippen LogP contribution in [0, 0.1) is 11.8 Å². The summed E-state index contributed by atoms with van der Waals surface area (Å²) in [6, 6.07) is 0. The average molecular weight is 264 g/mol. The van der Waals surface area contributed by atoms with Crippen LogP contribution >= 0.6 is 0 Å². The molecule has 0 N–H and O–H groups in total. The van der Waals surface area contributed by atoms with Gasteiger partial charge in [0.05, 0.1) is 11.2 Å². The van der Waals surface area contributed by atoms with Gasteiger partial charge in [-0.2, -0.15) is 0 Å². The number of carbonyl (C=O) groups excluding carboxylic acids is 1. The number of fused-ring (bicyclic) bond motifs is 1. The second-order valence-corrected chi connectivity index (χ2v) is 6.46. The van der Waals surface area contributed by atoms with E-state index in [1.807, 2.05) is 19.9 Å². The van der Waals surface area contributed by atoms with Crippen molar-refractivity contribution in [2.24, 2.45) is 11.8 Å². The van der Waals surface area contributed by atoms with Crippen LogP contribution in [0.1, 0.15) is 66.7 Å². The summed E-state index contributed by atoms with van der Waals surface area (Å²) in [6.45, 7) is 10.6. The van der Waals surface area contributed by atoms with Crippen LogP contribution < -0.4 is 0 Å².